The average Bonchev–Trinajstić information content (AvgIpc) is 3.04. The monoisotopic (exact) mass is 331 g/mol. The van der Waals surface area contributed by atoms with Gasteiger partial charge in [0.15, 0.2) is 5.76 Å². The molecule has 2 heterocycles. The summed E-state index contributed by atoms with van der Waals surface area (Å²) in [7, 11) is 0. The number of benzene rings is 1. The van der Waals surface area contributed by atoms with Crippen molar-refractivity contribution in [1.82, 2.24) is 9.80 Å². The minimum Gasteiger partial charge on any atom is -0.451 e. The van der Waals surface area contributed by atoms with Crippen molar-refractivity contribution >= 4 is 11.8 Å². The standard InChI is InChI=1S/C17H18FN3O3/c18-13-4-2-1-3-12(13)14-5-6-15(24-14)17(23)21-9-7-20(8-10-21)11-16(19)22/h1-6H,7-11H2,(H2,19,22). The Kier molecular flexibility index (Phi) is 4.61. The number of piperazine rings is 1. The van der Waals surface area contributed by atoms with Gasteiger partial charge in [-0.1, -0.05) is 12.1 Å². The summed E-state index contributed by atoms with van der Waals surface area (Å²) in [5.41, 5.74) is 5.49. The van der Waals surface area contributed by atoms with E-state index in [1.807, 2.05) is 4.90 Å². The van der Waals surface area contributed by atoms with Crippen LogP contribution >= 0.6 is 0 Å². The first kappa shape index (κ1) is 16.2. The van der Waals surface area contributed by atoms with Gasteiger partial charge >= 0.3 is 0 Å². The van der Waals surface area contributed by atoms with Crippen LogP contribution in [0.2, 0.25) is 0 Å². The summed E-state index contributed by atoms with van der Waals surface area (Å²) in [6.45, 7) is 2.33. The van der Waals surface area contributed by atoms with Gasteiger partial charge in [-0.2, -0.15) is 0 Å². The van der Waals surface area contributed by atoms with Gasteiger partial charge in [-0.3, -0.25) is 14.5 Å². The van der Waals surface area contributed by atoms with Crippen LogP contribution in [0.15, 0.2) is 40.8 Å². The van der Waals surface area contributed by atoms with Crippen molar-refractivity contribution in [2.24, 2.45) is 5.73 Å². The van der Waals surface area contributed by atoms with Crippen LogP contribution in [-0.2, 0) is 4.79 Å². The van der Waals surface area contributed by atoms with Crippen LogP contribution in [0.1, 0.15) is 10.6 Å². The summed E-state index contributed by atoms with van der Waals surface area (Å²) in [5, 5.41) is 0. The summed E-state index contributed by atoms with van der Waals surface area (Å²) in [6, 6.07) is 9.40. The molecule has 24 heavy (non-hydrogen) atoms. The maximum atomic E-state index is 13.8. The average molecular weight is 331 g/mol. The molecule has 1 aromatic carbocycles. The highest BCUT2D eigenvalue weighted by atomic mass is 19.1. The highest BCUT2D eigenvalue weighted by molar-refractivity contribution is 5.92. The highest BCUT2D eigenvalue weighted by Gasteiger charge is 2.25. The molecule has 6 nitrogen and oxygen atoms in total. The lowest BCUT2D eigenvalue weighted by atomic mass is 10.1. The Morgan fingerprint density at radius 3 is 2.46 bits per heavy atom. The molecular weight excluding hydrogens is 313 g/mol. The molecule has 1 aliphatic heterocycles. The van der Waals surface area contributed by atoms with Crippen LogP contribution in [0, 0.1) is 5.82 Å². The second kappa shape index (κ2) is 6.84. The largest absolute Gasteiger partial charge is 0.451 e. The Morgan fingerprint density at radius 1 is 1.08 bits per heavy atom. The Balaban J connectivity index is 1.67. The molecule has 2 N–H and O–H groups in total. The fourth-order valence-corrected chi connectivity index (χ4v) is 2.74. The van der Waals surface area contributed by atoms with Crippen molar-refractivity contribution in [2.75, 3.05) is 32.7 Å². The zero-order chi connectivity index (χ0) is 17.1. The number of rotatable bonds is 4. The van der Waals surface area contributed by atoms with E-state index in [9.17, 15) is 14.0 Å². The normalized spacial score (nSPS) is 15.5. The molecule has 0 bridgehead atoms. The number of primary amides is 1. The molecule has 2 amide bonds. The van der Waals surface area contributed by atoms with Gasteiger partial charge in [0.25, 0.3) is 5.91 Å². The van der Waals surface area contributed by atoms with Crippen LogP contribution in [0.4, 0.5) is 4.39 Å². The fourth-order valence-electron chi connectivity index (χ4n) is 2.74. The molecule has 1 fully saturated rings. The first-order valence-electron chi connectivity index (χ1n) is 7.69. The van der Waals surface area contributed by atoms with Crippen molar-refractivity contribution in [1.29, 1.82) is 0 Å². The number of furan rings is 1. The molecule has 1 aliphatic rings. The smallest absolute Gasteiger partial charge is 0.289 e. The van der Waals surface area contributed by atoms with Crippen LogP contribution in [0.25, 0.3) is 11.3 Å². The highest BCUT2D eigenvalue weighted by Crippen LogP contribution is 2.25. The fraction of sp³-hybridized carbons (Fsp3) is 0.294. The minimum absolute atomic E-state index is 0.177. The van der Waals surface area contributed by atoms with Crippen molar-refractivity contribution in [3.63, 3.8) is 0 Å². The third kappa shape index (κ3) is 3.46. The van der Waals surface area contributed by atoms with E-state index < -0.39 is 5.82 Å². The zero-order valence-corrected chi connectivity index (χ0v) is 13.1. The maximum absolute atomic E-state index is 13.8. The lowest BCUT2D eigenvalue weighted by Crippen LogP contribution is -2.50. The third-order valence-electron chi connectivity index (χ3n) is 4.00. The van der Waals surface area contributed by atoms with Gasteiger partial charge in [0, 0.05) is 26.2 Å². The second-order valence-corrected chi connectivity index (χ2v) is 5.68. The molecule has 1 aromatic heterocycles. The van der Waals surface area contributed by atoms with Crippen molar-refractivity contribution in [3.05, 3.63) is 48.0 Å². The maximum Gasteiger partial charge on any atom is 0.289 e. The number of amides is 2. The van der Waals surface area contributed by atoms with Gasteiger partial charge in [-0.25, -0.2) is 4.39 Å². The molecule has 7 heteroatoms. The van der Waals surface area contributed by atoms with Gasteiger partial charge in [-0.05, 0) is 24.3 Å². The molecule has 126 valence electrons. The zero-order valence-electron chi connectivity index (χ0n) is 13.1. The summed E-state index contributed by atoms with van der Waals surface area (Å²) >= 11 is 0. The molecule has 0 unspecified atom stereocenters. The second-order valence-electron chi connectivity index (χ2n) is 5.68. The molecule has 0 radical (unpaired) electrons. The van der Waals surface area contributed by atoms with E-state index in [-0.39, 0.29) is 24.1 Å². The van der Waals surface area contributed by atoms with Gasteiger partial charge in [0.05, 0.1) is 12.1 Å². The molecule has 0 spiro atoms. The number of carbonyl (C=O) groups excluding carboxylic acids is 2. The van der Waals surface area contributed by atoms with Gasteiger partial charge in [0.1, 0.15) is 11.6 Å². The van der Waals surface area contributed by atoms with Gasteiger partial charge in [-0.15, -0.1) is 0 Å². The number of halogens is 1. The minimum atomic E-state index is -0.397. The Hall–Kier alpha value is -2.67. The number of carbonyl (C=O) groups is 2. The van der Waals surface area contributed by atoms with Crippen LogP contribution in [-0.4, -0.2) is 54.3 Å². The number of hydrogen-bond acceptors (Lipinski definition) is 4. The molecule has 2 aromatic rings. The predicted octanol–water partition coefficient (Wildman–Crippen LogP) is 1.33. The van der Waals surface area contributed by atoms with Crippen LogP contribution < -0.4 is 5.73 Å². The van der Waals surface area contributed by atoms with Crippen LogP contribution in [0.5, 0.6) is 0 Å². The third-order valence-corrected chi connectivity index (χ3v) is 4.00. The van der Waals surface area contributed by atoms with E-state index in [2.05, 4.69) is 0 Å². The Morgan fingerprint density at radius 2 is 1.79 bits per heavy atom. The number of nitrogens with zero attached hydrogens (tertiary/aromatic N) is 2. The van der Waals surface area contributed by atoms with Gasteiger partial charge in [0.2, 0.25) is 5.91 Å². The lowest BCUT2D eigenvalue weighted by Gasteiger charge is -2.33. The predicted molar refractivity (Wildman–Crippen MR) is 85.6 cm³/mol. The lowest BCUT2D eigenvalue weighted by molar-refractivity contribution is -0.119. The van der Waals surface area contributed by atoms with E-state index in [1.54, 1.807) is 35.2 Å². The van der Waals surface area contributed by atoms with Crippen molar-refractivity contribution in [3.8, 4) is 11.3 Å². The molecule has 0 saturated carbocycles. The first-order valence-corrected chi connectivity index (χ1v) is 7.69. The Bertz CT molecular complexity index is 751. The quantitative estimate of drug-likeness (QED) is 0.916. The topological polar surface area (TPSA) is 79.8 Å². The first-order chi connectivity index (χ1) is 11.5. The van der Waals surface area contributed by atoms with E-state index in [0.29, 0.717) is 37.5 Å². The number of hydrogen-bond donors (Lipinski definition) is 1. The summed E-state index contributed by atoms with van der Waals surface area (Å²) in [4.78, 5) is 27.0. The van der Waals surface area contributed by atoms with Crippen molar-refractivity contribution in [2.45, 2.75) is 0 Å². The molecule has 3 rings (SSSR count). The molecule has 0 atom stereocenters. The molecule has 1 saturated heterocycles. The van der Waals surface area contributed by atoms with E-state index >= 15 is 0 Å². The van der Waals surface area contributed by atoms with Crippen molar-refractivity contribution < 1.29 is 18.4 Å². The SMILES string of the molecule is NC(=O)CN1CCN(C(=O)c2ccc(-c3ccccc3F)o2)CC1. The molecular formula is C17H18FN3O3. The molecule has 0 aliphatic carbocycles. The summed E-state index contributed by atoms with van der Waals surface area (Å²) < 4.78 is 19.3. The summed E-state index contributed by atoms with van der Waals surface area (Å²) in [5.74, 6) is -0.516. The van der Waals surface area contributed by atoms with Crippen LogP contribution in [0.3, 0.4) is 0 Å². The Labute approximate surface area is 138 Å². The van der Waals surface area contributed by atoms with E-state index in [0.717, 1.165) is 0 Å². The number of nitrogens with two attached hydrogens (primary N) is 1. The van der Waals surface area contributed by atoms with E-state index in [4.69, 9.17) is 10.2 Å². The van der Waals surface area contributed by atoms with Gasteiger partial charge < -0.3 is 15.1 Å². The summed E-state index contributed by atoms with van der Waals surface area (Å²) in [6.07, 6.45) is 0. The van der Waals surface area contributed by atoms with E-state index in [1.165, 1.54) is 6.07 Å².